The quantitative estimate of drug-likeness (QED) is 0.774. The number of benzene rings is 1. The van der Waals surface area contributed by atoms with Gasteiger partial charge >= 0.3 is 0 Å². The zero-order chi connectivity index (χ0) is 14.8. The summed E-state index contributed by atoms with van der Waals surface area (Å²) >= 11 is 6.14. The van der Waals surface area contributed by atoms with Gasteiger partial charge in [0.25, 0.3) is 5.91 Å². The Morgan fingerprint density at radius 1 is 1.43 bits per heavy atom. The highest BCUT2D eigenvalue weighted by molar-refractivity contribution is 6.32. The topological polar surface area (TPSA) is 115 Å². The second-order valence-electron chi connectivity index (χ2n) is 4.33. The zero-order valence-corrected chi connectivity index (χ0v) is 11.6. The lowest BCUT2D eigenvalue weighted by molar-refractivity contribution is 0.0991. The van der Waals surface area contributed by atoms with Crippen molar-refractivity contribution >= 4 is 23.5 Å². The van der Waals surface area contributed by atoms with Crippen molar-refractivity contribution in [2.45, 2.75) is 6.54 Å². The number of nitrogens with two attached hydrogens (primary N) is 1. The van der Waals surface area contributed by atoms with Gasteiger partial charge in [-0.2, -0.15) is 4.98 Å². The Kier molecular flexibility index (Phi) is 3.53. The number of primary amides is 1. The van der Waals surface area contributed by atoms with E-state index in [1.165, 1.54) is 0 Å². The molecule has 1 aromatic carbocycles. The van der Waals surface area contributed by atoms with Crippen LogP contribution in [0.3, 0.4) is 0 Å². The van der Waals surface area contributed by atoms with Gasteiger partial charge in [-0.3, -0.25) is 9.89 Å². The fraction of sp³-hybridized carbons (Fsp3) is 0.250. The zero-order valence-electron chi connectivity index (χ0n) is 10.9. The monoisotopic (exact) mass is 309 g/mol. The summed E-state index contributed by atoms with van der Waals surface area (Å²) in [5.41, 5.74) is 5.95. The number of hydrogen-bond acceptors (Lipinski definition) is 6. The van der Waals surface area contributed by atoms with Crippen molar-refractivity contribution in [3.63, 3.8) is 0 Å². The van der Waals surface area contributed by atoms with Crippen molar-refractivity contribution in [1.29, 1.82) is 0 Å². The second-order valence-corrected chi connectivity index (χ2v) is 4.73. The van der Waals surface area contributed by atoms with Gasteiger partial charge in [0.1, 0.15) is 13.2 Å². The van der Waals surface area contributed by atoms with Crippen molar-refractivity contribution in [2.75, 3.05) is 18.5 Å². The molecule has 0 atom stereocenters. The highest BCUT2D eigenvalue weighted by atomic mass is 35.5. The molecule has 0 spiro atoms. The molecule has 8 nitrogen and oxygen atoms in total. The van der Waals surface area contributed by atoms with Crippen LogP contribution in [0, 0.1) is 0 Å². The number of carbonyl (C=O) groups excluding carboxylic acids is 1. The molecule has 0 saturated carbocycles. The number of anilines is 1. The highest BCUT2D eigenvalue weighted by Gasteiger charge is 2.16. The van der Waals surface area contributed by atoms with E-state index >= 15 is 0 Å². The number of H-pyrrole nitrogens is 1. The third-order valence-corrected chi connectivity index (χ3v) is 3.11. The Hall–Kier alpha value is -2.48. The van der Waals surface area contributed by atoms with Crippen molar-refractivity contribution < 1.29 is 14.3 Å². The number of carbonyl (C=O) groups is 1. The van der Waals surface area contributed by atoms with Crippen LogP contribution >= 0.6 is 11.6 Å². The van der Waals surface area contributed by atoms with Gasteiger partial charge in [-0.05, 0) is 17.7 Å². The van der Waals surface area contributed by atoms with E-state index in [2.05, 4.69) is 20.5 Å². The third-order valence-electron chi connectivity index (χ3n) is 2.83. The maximum Gasteiger partial charge on any atom is 0.286 e. The SMILES string of the molecule is NC(=O)c1nc(NCc2cc(Cl)c3c(c2)OCCO3)n[nH]1. The number of nitrogens with one attached hydrogen (secondary N) is 2. The van der Waals surface area contributed by atoms with Gasteiger partial charge < -0.3 is 20.5 Å². The Morgan fingerprint density at radius 2 is 2.24 bits per heavy atom. The molecule has 0 radical (unpaired) electrons. The smallest absolute Gasteiger partial charge is 0.286 e. The lowest BCUT2D eigenvalue weighted by Gasteiger charge is -2.20. The summed E-state index contributed by atoms with van der Waals surface area (Å²) < 4.78 is 10.9. The van der Waals surface area contributed by atoms with E-state index in [1.54, 1.807) is 6.07 Å². The molecule has 9 heteroatoms. The largest absolute Gasteiger partial charge is 0.486 e. The van der Waals surface area contributed by atoms with Gasteiger partial charge in [0.2, 0.25) is 11.8 Å². The Morgan fingerprint density at radius 3 is 3.00 bits per heavy atom. The molecular weight excluding hydrogens is 298 g/mol. The molecule has 1 aromatic heterocycles. The van der Waals surface area contributed by atoms with Crippen molar-refractivity contribution in [3.8, 4) is 11.5 Å². The fourth-order valence-electron chi connectivity index (χ4n) is 1.90. The molecule has 2 heterocycles. The van der Waals surface area contributed by atoms with Gasteiger partial charge in [-0.15, -0.1) is 5.10 Å². The molecule has 0 fully saturated rings. The molecule has 4 N–H and O–H groups in total. The summed E-state index contributed by atoms with van der Waals surface area (Å²) in [6.07, 6.45) is 0. The van der Waals surface area contributed by atoms with E-state index in [0.29, 0.717) is 36.3 Å². The molecule has 110 valence electrons. The highest BCUT2D eigenvalue weighted by Crippen LogP contribution is 2.38. The fourth-order valence-corrected chi connectivity index (χ4v) is 2.19. The van der Waals surface area contributed by atoms with Crippen LogP contribution in [-0.2, 0) is 6.54 Å². The van der Waals surface area contributed by atoms with Crippen LogP contribution < -0.4 is 20.5 Å². The number of fused-ring (bicyclic) bond motifs is 1. The van der Waals surface area contributed by atoms with Crippen LogP contribution in [0.1, 0.15) is 16.2 Å². The molecule has 21 heavy (non-hydrogen) atoms. The van der Waals surface area contributed by atoms with Crippen LogP contribution in [0.4, 0.5) is 5.95 Å². The van der Waals surface area contributed by atoms with Crippen LogP contribution in [-0.4, -0.2) is 34.3 Å². The number of hydrogen-bond donors (Lipinski definition) is 3. The molecule has 0 bridgehead atoms. The maximum absolute atomic E-state index is 10.9. The van der Waals surface area contributed by atoms with E-state index in [0.717, 1.165) is 5.56 Å². The first kappa shape index (κ1) is 13.5. The first-order valence-electron chi connectivity index (χ1n) is 6.17. The molecule has 1 amide bonds. The number of rotatable bonds is 4. The summed E-state index contributed by atoms with van der Waals surface area (Å²) in [5.74, 6) is 0.768. The second kappa shape index (κ2) is 5.49. The molecule has 0 aliphatic carbocycles. The lowest BCUT2D eigenvalue weighted by Crippen LogP contribution is -2.16. The molecular formula is C12H12ClN5O3. The van der Waals surface area contributed by atoms with E-state index in [1.807, 2.05) is 6.07 Å². The summed E-state index contributed by atoms with van der Waals surface area (Å²) in [6.45, 7) is 1.38. The summed E-state index contributed by atoms with van der Waals surface area (Å²) in [7, 11) is 0. The lowest BCUT2D eigenvalue weighted by atomic mass is 10.2. The van der Waals surface area contributed by atoms with Gasteiger partial charge in [-0.25, -0.2) is 0 Å². The van der Waals surface area contributed by atoms with Gasteiger partial charge in [0.05, 0.1) is 5.02 Å². The van der Waals surface area contributed by atoms with Gasteiger partial charge in [0, 0.05) is 6.54 Å². The number of halogens is 1. The van der Waals surface area contributed by atoms with E-state index < -0.39 is 5.91 Å². The minimum absolute atomic E-state index is 0.00212. The maximum atomic E-state index is 10.9. The molecule has 1 aliphatic rings. The van der Waals surface area contributed by atoms with Crippen LogP contribution in [0.5, 0.6) is 11.5 Å². The molecule has 1 aliphatic heterocycles. The number of nitrogens with zero attached hydrogens (tertiary/aromatic N) is 2. The molecule has 3 rings (SSSR count). The first-order valence-corrected chi connectivity index (χ1v) is 6.55. The molecule has 2 aromatic rings. The standard InChI is InChI=1S/C12H12ClN5O3/c13-7-3-6(4-8-9(7)21-2-1-20-8)5-15-12-16-11(10(14)19)17-18-12/h3-4H,1-2,5H2,(H2,14,19)(H2,15,16,17,18). The average molecular weight is 310 g/mol. The number of ether oxygens (including phenoxy) is 2. The van der Waals surface area contributed by atoms with Crippen LogP contribution in [0.15, 0.2) is 12.1 Å². The van der Waals surface area contributed by atoms with Gasteiger partial charge in [-0.1, -0.05) is 11.6 Å². The summed E-state index contributed by atoms with van der Waals surface area (Å²) in [4.78, 5) is 14.8. The molecule has 0 unspecified atom stereocenters. The first-order chi connectivity index (χ1) is 10.1. The third kappa shape index (κ3) is 2.84. The average Bonchev–Trinajstić information content (AvgIpc) is 2.94. The van der Waals surface area contributed by atoms with E-state index in [4.69, 9.17) is 26.8 Å². The van der Waals surface area contributed by atoms with Crippen LogP contribution in [0.25, 0.3) is 0 Å². The van der Waals surface area contributed by atoms with Crippen molar-refractivity contribution in [1.82, 2.24) is 15.2 Å². The molecule has 0 saturated heterocycles. The van der Waals surface area contributed by atoms with E-state index in [9.17, 15) is 4.79 Å². The number of aromatic nitrogens is 3. The van der Waals surface area contributed by atoms with Crippen molar-refractivity contribution in [2.24, 2.45) is 5.73 Å². The summed E-state index contributed by atoms with van der Waals surface area (Å²) in [5, 5.41) is 9.70. The minimum Gasteiger partial charge on any atom is -0.486 e. The Balaban J connectivity index is 1.72. The Bertz CT molecular complexity index is 688. The van der Waals surface area contributed by atoms with E-state index in [-0.39, 0.29) is 11.8 Å². The van der Waals surface area contributed by atoms with Crippen LogP contribution in [0.2, 0.25) is 5.02 Å². The van der Waals surface area contributed by atoms with Crippen molar-refractivity contribution in [3.05, 3.63) is 28.5 Å². The minimum atomic E-state index is -0.669. The van der Waals surface area contributed by atoms with Gasteiger partial charge in [0.15, 0.2) is 11.5 Å². The summed E-state index contributed by atoms with van der Waals surface area (Å²) in [6, 6.07) is 3.60. The number of aromatic amines is 1. The predicted octanol–water partition coefficient (Wildman–Crippen LogP) is 0.940. The number of amides is 1. The normalized spacial score (nSPS) is 13.0. The Labute approximate surface area is 124 Å². The predicted molar refractivity (Wildman–Crippen MR) is 74.7 cm³/mol.